The predicted molar refractivity (Wildman–Crippen MR) is 88.8 cm³/mol. The first-order valence-electron chi connectivity index (χ1n) is 6.72. The summed E-state index contributed by atoms with van der Waals surface area (Å²) in [5.74, 6) is -0.274. The van der Waals surface area contributed by atoms with Gasteiger partial charge in [-0.3, -0.25) is 9.52 Å². The molecule has 116 valence electrons. The van der Waals surface area contributed by atoms with Crippen LogP contribution in [0.2, 0.25) is 0 Å². The van der Waals surface area contributed by atoms with E-state index in [1.165, 1.54) is 0 Å². The van der Waals surface area contributed by atoms with Gasteiger partial charge in [-0.15, -0.1) is 0 Å². The van der Waals surface area contributed by atoms with Crippen molar-refractivity contribution in [1.82, 2.24) is 0 Å². The first kappa shape index (κ1) is 16.0. The first-order valence-corrected chi connectivity index (χ1v) is 8.61. The molecule has 0 fully saturated rings. The summed E-state index contributed by atoms with van der Waals surface area (Å²) in [6.07, 6.45) is 1.08. The van der Waals surface area contributed by atoms with Crippen LogP contribution in [0.3, 0.4) is 0 Å². The molecule has 0 aliphatic carbocycles. The molecule has 1 amide bonds. The van der Waals surface area contributed by atoms with Crippen molar-refractivity contribution >= 4 is 27.3 Å². The van der Waals surface area contributed by atoms with Crippen LogP contribution in [0.15, 0.2) is 42.5 Å². The third kappa shape index (κ3) is 3.85. The molecule has 0 bridgehead atoms. The smallest absolute Gasteiger partial charge is 0.256 e. The lowest BCUT2D eigenvalue weighted by Gasteiger charge is -2.13. The Hall–Kier alpha value is -2.34. The molecule has 2 aromatic carbocycles. The van der Waals surface area contributed by atoms with E-state index in [0.717, 1.165) is 17.5 Å². The van der Waals surface area contributed by atoms with E-state index in [2.05, 4.69) is 10.0 Å². The first-order chi connectivity index (χ1) is 10.3. The Balaban J connectivity index is 2.31. The molecule has 0 radical (unpaired) electrons. The van der Waals surface area contributed by atoms with Crippen LogP contribution < -0.4 is 10.0 Å². The van der Waals surface area contributed by atoms with Crippen molar-refractivity contribution in [2.75, 3.05) is 16.3 Å². The summed E-state index contributed by atoms with van der Waals surface area (Å²) < 4.78 is 25.1. The Bertz CT molecular complexity index is 814. The monoisotopic (exact) mass is 318 g/mol. The van der Waals surface area contributed by atoms with Crippen molar-refractivity contribution in [1.29, 1.82) is 0 Å². The lowest BCUT2D eigenvalue weighted by molar-refractivity contribution is 0.102. The van der Waals surface area contributed by atoms with E-state index in [1.54, 1.807) is 25.1 Å². The van der Waals surface area contributed by atoms with E-state index in [9.17, 15) is 13.2 Å². The second kappa shape index (κ2) is 6.19. The van der Waals surface area contributed by atoms with E-state index < -0.39 is 10.0 Å². The zero-order valence-electron chi connectivity index (χ0n) is 12.7. The maximum Gasteiger partial charge on any atom is 0.256 e. The number of rotatable bonds is 4. The lowest BCUT2D eigenvalue weighted by atomic mass is 10.1. The van der Waals surface area contributed by atoms with Crippen molar-refractivity contribution in [3.63, 3.8) is 0 Å². The van der Waals surface area contributed by atoms with Crippen LogP contribution in [-0.4, -0.2) is 20.6 Å². The fourth-order valence-corrected chi connectivity index (χ4v) is 2.72. The van der Waals surface area contributed by atoms with Gasteiger partial charge < -0.3 is 5.32 Å². The van der Waals surface area contributed by atoms with Crippen LogP contribution >= 0.6 is 0 Å². The molecular formula is C16H18N2O3S. The van der Waals surface area contributed by atoms with Gasteiger partial charge in [0.25, 0.3) is 5.91 Å². The number of hydrogen-bond acceptors (Lipinski definition) is 3. The van der Waals surface area contributed by atoms with Gasteiger partial charge in [0, 0.05) is 11.3 Å². The molecular weight excluding hydrogens is 300 g/mol. The quantitative estimate of drug-likeness (QED) is 0.910. The Morgan fingerprint density at radius 2 is 1.59 bits per heavy atom. The van der Waals surface area contributed by atoms with Gasteiger partial charge in [-0.25, -0.2) is 8.42 Å². The van der Waals surface area contributed by atoms with Gasteiger partial charge in [0.05, 0.1) is 11.9 Å². The van der Waals surface area contributed by atoms with Crippen molar-refractivity contribution in [2.24, 2.45) is 0 Å². The highest BCUT2D eigenvalue weighted by Crippen LogP contribution is 2.22. The molecule has 0 heterocycles. The van der Waals surface area contributed by atoms with Gasteiger partial charge in [-0.05, 0) is 43.2 Å². The lowest BCUT2D eigenvalue weighted by Crippen LogP contribution is -2.16. The second-order valence-corrected chi connectivity index (χ2v) is 6.87. The van der Waals surface area contributed by atoms with E-state index in [-0.39, 0.29) is 5.91 Å². The number of para-hydroxylation sites is 1. The SMILES string of the molecule is Cc1ccccc1NC(=O)c1cccc(NS(C)(=O)=O)c1C. The third-order valence-electron chi connectivity index (χ3n) is 3.27. The molecule has 0 unspecified atom stereocenters. The number of amides is 1. The molecule has 0 aromatic heterocycles. The molecule has 0 aliphatic heterocycles. The minimum Gasteiger partial charge on any atom is -0.322 e. The normalized spacial score (nSPS) is 11.0. The van der Waals surface area contributed by atoms with Gasteiger partial charge in [0.1, 0.15) is 0 Å². The number of carbonyl (C=O) groups excluding carboxylic acids is 1. The highest BCUT2D eigenvalue weighted by Gasteiger charge is 2.14. The van der Waals surface area contributed by atoms with E-state index in [0.29, 0.717) is 16.8 Å². The number of aryl methyl sites for hydroxylation is 1. The maximum absolute atomic E-state index is 12.4. The van der Waals surface area contributed by atoms with Gasteiger partial charge in [0.2, 0.25) is 10.0 Å². The number of carbonyl (C=O) groups is 1. The molecule has 0 aliphatic rings. The number of sulfonamides is 1. The Morgan fingerprint density at radius 1 is 0.955 bits per heavy atom. The number of anilines is 2. The molecule has 2 aromatic rings. The maximum atomic E-state index is 12.4. The number of benzene rings is 2. The van der Waals surface area contributed by atoms with Crippen LogP contribution in [-0.2, 0) is 10.0 Å². The summed E-state index contributed by atoms with van der Waals surface area (Å²) in [5.41, 5.74) is 3.10. The summed E-state index contributed by atoms with van der Waals surface area (Å²) in [4.78, 5) is 12.4. The summed E-state index contributed by atoms with van der Waals surface area (Å²) in [5, 5.41) is 2.84. The number of hydrogen-bond donors (Lipinski definition) is 2. The molecule has 22 heavy (non-hydrogen) atoms. The molecule has 0 saturated heterocycles. The average molecular weight is 318 g/mol. The molecule has 0 spiro atoms. The summed E-state index contributed by atoms with van der Waals surface area (Å²) in [7, 11) is -3.39. The van der Waals surface area contributed by atoms with Crippen LogP contribution in [0.1, 0.15) is 21.5 Å². The van der Waals surface area contributed by atoms with Gasteiger partial charge in [-0.1, -0.05) is 24.3 Å². The minimum absolute atomic E-state index is 0.274. The van der Waals surface area contributed by atoms with Crippen molar-refractivity contribution in [3.8, 4) is 0 Å². The Labute approximate surface area is 130 Å². The van der Waals surface area contributed by atoms with Crippen LogP contribution in [0.4, 0.5) is 11.4 Å². The second-order valence-electron chi connectivity index (χ2n) is 5.12. The van der Waals surface area contributed by atoms with Crippen molar-refractivity contribution in [3.05, 3.63) is 59.2 Å². The van der Waals surface area contributed by atoms with Crippen molar-refractivity contribution < 1.29 is 13.2 Å². The molecule has 0 saturated carbocycles. The third-order valence-corrected chi connectivity index (χ3v) is 3.86. The summed E-state index contributed by atoms with van der Waals surface area (Å²) in [6.45, 7) is 3.62. The molecule has 0 atom stereocenters. The van der Waals surface area contributed by atoms with Crippen molar-refractivity contribution in [2.45, 2.75) is 13.8 Å². The van der Waals surface area contributed by atoms with Gasteiger partial charge >= 0.3 is 0 Å². The Morgan fingerprint density at radius 3 is 2.23 bits per heavy atom. The highest BCUT2D eigenvalue weighted by atomic mass is 32.2. The van der Waals surface area contributed by atoms with Crippen LogP contribution in [0, 0.1) is 13.8 Å². The van der Waals surface area contributed by atoms with E-state index >= 15 is 0 Å². The molecule has 6 heteroatoms. The van der Waals surface area contributed by atoms with Gasteiger partial charge in [-0.2, -0.15) is 0 Å². The number of nitrogens with one attached hydrogen (secondary N) is 2. The molecule has 2 N–H and O–H groups in total. The highest BCUT2D eigenvalue weighted by molar-refractivity contribution is 7.92. The predicted octanol–water partition coefficient (Wildman–Crippen LogP) is 2.93. The minimum atomic E-state index is -3.39. The summed E-state index contributed by atoms with van der Waals surface area (Å²) in [6, 6.07) is 12.4. The average Bonchev–Trinajstić information content (AvgIpc) is 2.42. The fraction of sp³-hybridized carbons (Fsp3) is 0.188. The summed E-state index contributed by atoms with van der Waals surface area (Å²) >= 11 is 0. The standard InChI is InChI=1S/C16H18N2O3S/c1-11-7-4-5-9-14(11)17-16(19)13-8-6-10-15(12(13)2)18-22(3,20)21/h4-10,18H,1-3H3,(H,17,19). The topological polar surface area (TPSA) is 75.3 Å². The van der Waals surface area contributed by atoms with E-state index in [4.69, 9.17) is 0 Å². The van der Waals surface area contributed by atoms with E-state index in [1.807, 2.05) is 31.2 Å². The zero-order chi connectivity index (χ0) is 16.3. The zero-order valence-corrected chi connectivity index (χ0v) is 13.5. The van der Waals surface area contributed by atoms with Crippen LogP contribution in [0.5, 0.6) is 0 Å². The fourth-order valence-electron chi connectivity index (χ4n) is 2.09. The van der Waals surface area contributed by atoms with Gasteiger partial charge in [0.15, 0.2) is 0 Å². The largest absolute Gasteiger partial charge is 0.322 e. The Kier molecular flexibility index (Phi) is 4.51. The molecule has 2 rings (SSSR count). The molecule has 5 nitrogen and oxygen atoms in total. The van der Waals surface area contributed by atoms with Crippen LogP contribution in [0.25, 0.3) is 0 Å².